The van der Waals surface area contributed by atoms with Crippen molar-refractivity contribution in [2.75, 3.05) is 5.73 Å². The number of aliphatic carboxylic acids is 1. The summed E-state index contributed by atoms with van der Waals surface area (Å²) >= 11 is 0. The fourth-order valence-electron chi connectivity index (χ4n) is 1.91. The summed E-state index contributed by atoms with van der Waals surface area (Å²) in [6.45, 7) is 0. The van der Waals surface area contributed by atoms with Crippen LogP contribution in [0.4, 0.5) is 23.2 Å². The molecule has 1 aromatic heterocycles. The van der Waals surface area contributed by atoms with Crippen LogP contribution in [0.2, 0.25) is 0 Å². The molecule has 3 N–H and O–H groups in total. The zero-order valence-electron chi connectivity index (χ0n) is 14.3. The largest absolute Gasteiger partial charge is 0.490 e. The standard InChI is InChI=1S/C15H13FN4O.C2HF3O2/c1-20-9-15(18-19-20)10-3-2-4-11(7-10)21-12-5-6-14(17)13(16)8-12;3-2(4,5)1(6)7/h2-9H,17H2,1H3;(H,6,7). The summed E-state index contributed by atoms with van der Waals surface area (Å²) in [5, 5.41) is 15.1. The van der Waals surface area contributed by atoms with Crippen LogP contribution in [0.3, 0.4) is 0 Å². The summed E-state index contributed by atoms with van der Waals surface area (Å²) in [4.78, 5) is 8.90. The van der Waals surface area contributed by atoms with Crippen molar-refractivity contribution in [1.82, 2.24) is 15.0 Å². The van der Waals surface area contributed by atoms with E-state index in [-0.39, 0.29) is 5.69 Å². The molecule has 7 nitrogen and oxygen atoms in total. The van der Waals surface area contributed by atoms with Crippen LogP contribution in [-0.2, 0) is 11.8 Å². The number of aryl methyl sites for hydroxylation is 1. The Morgan fingerprint density at radius 2 is 1.82 bits per heavy atom. The van der Waals surface area contributed by atoms with Crippen LogP contribution in [0, 0.1) is 5.82 Å². The van der Waals surface area contributed by atoms with Gasteiger partial charge in [-0.15, -0.1) is 5.10 Å². The monoisotopic (exact) mass is 398 g/mol. The van der Waals surface area contributed by atoms with Crippen LogP contribution in [0.25, 0.3) is 11.3 Å². The number of alkyl halides is 3. The molecule has 3 aromatic rings. The number of aromatic nitrogens is 3. The molecule has 1 heterocycles. The number of rotatable bonds is 3. The van der Waals surface area contributed by atoms with Gasteiger partial charge in [0, 0.05) is 18.7 Å². The van der Waals surface area contributed by atoms with E-state index in [9.17, 15) is 17.6 Å². The van der Waals surface area contributed by atoms with E-state index in [1.165, 1.54) is 12.1 Å². The molecule has 148 valence electrons. The van der Waals surface area contributed by atoms with E-state index in [0.29, 0.717) is 11.5 Å². The first-order valence-electron chi connectivity index (χ1n) is 7.56. The van der Waals surface area contributed by atoms with Crippen LogP contribution in [0.5, 0.6) is 11.5 Å². The van der Waals surface area contributed by atoms with E-state index < -0.39 is 18.0 Å². The van der Waals surface area contributed by atoms with Gasteiger partial charge < -0.3 is 15.6 Å². The van der Waals surface area contributed by atoms with Gasteiger partial charge in [-0.05, 0) is 24.3 Å². The first-order valence-corrected chi connectivity index (χ1v) is 7.56. The second kappa shape index (κ2) is 8.37. The quantitative estimate of drug-likeness (QED) is 0.516. The summed E-state index contributed by atoms with van der Waals surface area (Å²) in [5.41, 5.74) is 7.14. The Kier molecular flexibility index (Phi) is 6.18. The van der Waals surface area contributed by atoms with Gasteiger partial charge in [-0.1, -0.05) is 17.3 Å². The number of nitrogens with two attached hydrogens (primary N) is 1. The number of anilines is 1. The van der Waals surface area contributed by atoms with Crippen LogP contribution in [-0.4, -0.2) is 32.2 Å². The van der Waals surface area contributed by atoms with Crippen LogP contribution >= 0.6 is 0 Å². The molecule has 0 bridgehead atoms. The Morgan fingerprint density at radius 3 is 2.36 bits per heavy atom. The molecule has 0 amide bonds. The zero-order chi connectivity index (χ0) is 20.9. The molecule has 11 heteroatoms. The fourth-order valence-corrected chi connectivity index (χ4v) is 1.91. The molecule has 0 aliphatic heterocycles. The van der Waals surface area contributed by atoms with Crippen molar-refractivity contribution in [2.45, 2.75) is 6.18 Å². The van der Waals surface area contributed by atoms with Crippen molar-refractivity contribution in [2.24, 2.45) is 7.05 Å². The average molecular weight is 398 g/mol. The van der Waals surface area contributed by atoms with Crippen LogP contribution < -0.4 is 10.5 Å². The number of carboxylic acid groups (broad SMARTS) is 1. The van der Waals surface area contributed by atoms with Gasteiger partial charge in [0.05, 0.1) is 11.9 Å². The molecular formula is C17H14F4N4O3. The number of hydrogen-bond acceptors (Lipinski definition) is 5. The highest BCUT2D eigenvalue weighted by atomic mass is 19.4. The minimum Gasteiger partial charge on any atom is -0.475 e. The van der Waals surface area contributed by atoms with Crippen molar-refractivity contribution < 1.29 is 32.2 Å². The minimum absolute atomic E-state index is 0.0932. The zero-order valence-corrected chi connectivity index (χ0v) is 14.3. The SMILES string of the molecule is Cn1cc(-c2cccc(Oc3ccc(N)c(F)c3)c2)nn1.O=C(O)C(F)(F)F. The molecule has 0 radical (unpaired) electrons. The second-order valence-electron chi connectivity index (χ2n) is 5.39. The first kappa shape index (κ1) is 20.7. The van der Waals surface area contributed by atoms with Gasteiger partial charge in [-0.2, -0.15) is 13.2 Å². The lowest BCUT2D eigenvalue weighted by molar-refractivity contribution is -0.192. The van der Waals surface area contributed by atoms with Gasteiger partial charge in [0.2, 0.25) is 0 Å². The van der Waals surface area contributed by atoms with E-state index in [1.54, 1.807) is 23.9 Å². The summed E-state index contributed by atoms with van der Waals surface area (Å²) in [5.74, 6) is -2.29. The third kappa shape index (κ3) is 5.69. The Bertz CT molecular complexity index is 973. The maximum Gasteiger partial charge on any atom is 0.490 e. The molecule has 0 aliphatic rings. The lowest BCUT2D eigenvalue weighted by atomic mass is 10.1. The highest BCUT2D eigenvalue weighted by Gasteiger charge is 2.38. The maximum absolute atomic E-state index is 13.4. The van der Waals surface area contributed by atoms with E-state index in [1.807, 2.05) is 24.4 Å². The molecule has 0 unspecified atom stereocenters. The van der Waals surface area contributed by atoms with Gasteiger partial charge in [-0.3, -0.25) is 4.68 Å². The van der Waals surface area contributed by atoms with Crippen LogP contribution in [0.1, 0.15) is 0 Å². The molecule has 28 heavy (non-hydrogen) atoms. The molecule has 0 fully saturated rings. The van der Waals surface area contributed by atoms with E-state index in [0.717, 1.165) is 11.3 Å². The molecule has 2 aromatic carbocycles. The molecule has 0 spiro atoms. The van der Waals surface area contributed by atoms with E-state index >= 15 is 0 Å². The van der Waals surface area contributed by atoms with Gasteiger partial charge in [0.15, 0.2) is 0 Å². The van der Waals surface area contributed by atoms with Gasteiger partial charge in [0.1, 0.15) is 23.0 Å². The fraction of sp³-hybridized carbons (Fsp3) is 0.118. The maximum atomic E-state index is 13.4. The number of halogens is 4. The predicted octanol–water partition coefficient (Wildman–Crippen LogP) is 3.63. The summed E-state index contributed by atoms with van der Waals surface area (Å²) in [6, 6.07) is 11.7. The summed E-state index contributed by atoms with van der Waals surface area (Å²) < 4.78 is 52.4. The molecule has 0 saturated carbocycles. The van der Waals surface area contributed by atoms with Crippen molar-refractivity contribution in [3.63, 3.8) is 0 Å². The number of nitrogen functional groups attached to an aromatic ring is 1. The first-order chi connectivity index (χ1) is 13.1. The smallest absolute Gasteiger partial charge is 0.475 e. The molecule has 3 rings (SSSR count). The number of carboxylic acids is 1. The summed E-state index contributed by atoms with van der Waals surface area (Å²) in [7, 11) is 1.80. The molecule has 0 saturated heterocycles. The predicted molar refractivity (Wildman–Crippen MR) is 91.0 cm³/mol. The Morgan fingerprint density at radius 1 is 1.18 bits per heavy atom. The van der Waals surface area contributed by atoms with E-state index in [2.05, 4.69) is 10.3 Å². The third-order valence-corrected chi connectivity index (χ3v) is 3.18. The van der Waals surface area contributed by atoms with E-state index in [4.69, 9.17) is 20.4 Å². The van der Waals surface area contributed by atoms with Crippen molar-refractivity contribution in [3.8, 4) is 22.8 Å². The lowest BCUT2D eigenvalue weighted by Gasteiger charge is -2.07. The number of hydrogen-bond donors (Lipinski definition) is 2. The molecule has 0 atom stereocenters. The molecular weight excluding hydrogens is 384 g/mol. The van der Waals surface area contributed by atoms with Crippen molar-refractivity contribution in [1.29, 1.82) is 0 Å². The van der Waals surface area contributed by atoms with Gasteiger partial charge >= 0.3 is 12.1 Å². The van der Waals surface area contributed by atoms with Gasteiger partial charge in [-0.25, -0.2) is 9.18 Å². The number of carbonyl (C=O) groups is 1. The van der Waals surface area contributed by atoms with Crippen molar-refractivity contribution in [3.05, 3.63) is 54.5 Å². The average Bonchev–Trinajstić information content (AvgIpc) is 3.05. The summed E-state index contributed by atoms with van der Waals surface area (Å²) in [6.07, 6.45) is -3.28. The number of ether oxygens (including phenoxy) is 1. The Balaban J connectivity index is 0.000000345. The third-order valence-electron chi connectivity index (χ3n) is 3.18. The van der Waals surface area contributed by atoms with Crippen molar-refractivity contribution >= 4 is 11.7 Å². The Hall–Kier alpha value is -3.63. The molecule has 0 aliphatic carbocycles. The number of benzene rings is 2. The lowest BCUT2D eigenvalue weighted by Crippen LogP contribution is -2.21. The highest BCUT2D eigenvalue weighted by molar-refractivity contribution is 5.73. The van der Waals surface area contributed by atoms with Crippen LogP contribution in [0.15, 0.2) is 48.7 Å². The second-order valence-corrected chi connectivity index (χ2v) is 5.39. The normalized spacial score (nSPS) is 10.8. The minimum atomic E-state index is -5.08. The topological polar surface area (TPSA) is 103 Å². The highest BCUT2D eigenvalue weighted by Crippen LogP contribution is 2.27. The Labute approximate surface area is 156 Å². The van der Waals surface area contributed by atoms with Gasteiger partial charge in [0.25, 0.3) is 0 Å². The number of nitrogens with zero attached hydrogens (tertiary/aromatic N) is 3.